The summed E-state index contributed by atoms with van der Waals surface area (Å²) in [4.78, 5) is 19.1. The average Bonchev–Trinajstić information content (AvgIpc) is 3.31. The van der Waals surface area contributed by atoms with Crippen molar-refractivity contribution in [2.75, 3.05) is 20.3 Å². The SMILES string of the molecule is COCCN(Cc1ccccc1)C(=O)/C=C/c1cn(-c2ccccc2)nc1-c1cccnc1. The fourth-order valence-electron chi connectivity index (χ4n) is 3.49. The summed E-state index contributed by atoms with van der Waals surface area (Å²) in [6.45, 7) is 1.50. The van der Waals surface area contributed by atoms with Gasteiger partial charge in [-0.05, 0) is 35.9 Å². The highest BCUT2D eigenvalue weighted by atomic mass is 16.5. The second-order valence-corrected chi connectivity index (χ2v) is 7.53. The number of amides is 1. The Morgan fingerprint density at radius 2 is 1.79 bits per heavy atom. The van der Waals surface area contributed by atoms with Crippen LogP contribution in [0.5, 0.6) is 0 Å². The van der Waals surface area contributed by atoms with E-state index in [1.54, 1.807) is 30.5 Å². The zero-order valence-electron chi connectivity index (χ0n) is 18.5. The van der Waals surface area contributed by atoms with Crippen LogP contribution < -0.4 is 0 Å². The van der Waals surface area contributed by atoms with Crippen molar-refractivity contribution in [3.05, 3.63) is 109 Å². The van der Waals surface area contributed by atoms with Gasteiger partial charge in [0.15, 0.2) is 0 Å². The zero-order valence-corrected chi connectivity index (χ0v) is 18.5. The molecule has 6 nitrogen and oxygen atoms in total. The smallest absolute Gasteiger partial charge is 0.246 e. The first-order valence-corrected chi connectivity index (χ1v) is 10.8. The fourth-order valence-corrected chi connectivity index (χ4v) is 3.49. The van der Waals surface area contributed by atoms with Gasteiger partial charge in [0.25, 0.3) is 0 Å². The van der Waals surface area contributed by atoms with Crippen LogP contribution in [0.4, 0.5) is 0 Å². The number of para-hydroxylation sites is 1. The van der Waals surface area contributed by atoms with E-state index in [1.807, 2.05) is 89.8 Å². The van der Waals surface area contributed by atoms with Crippen LogP contribution >= 0.6 is 0 Å². The normalized spacial score (nSPS) is 11.1. The lowest BCUT2D eigenvalue weighted by Crippen LogP contribution is -2.32. The molecular weight excluding hydrogens is 412 g/mol. The highest BCUT2D eigenvalue weighted by molar-refractivity contribution is 5.92. The molecule has 0 unspecified atom stereocenters. The quantitative estimate of drug-likeness (QED) is 0.358. The monoisotopic (exact) mass is 438 g/mol. The molecule has 0 spiro atoms. The summed E-state index contributed by atoms with van der Waals surface area (Å²) in [7, 11) is 1.64. The number of benzene rings is 2. The van der Waals surface area contributed by atoms with Gasteiger partial charge in [-0.3, -0.25) is 9.78 Å². The molecule has 0 radical (unpaired) electrons. The predicted octanol–water partition coefficient (Wildman–Crippen LogP) is 4.62. The maximum absolute atomic E-state index is 13.1. The summed E-state index contributed by atoms with van der Waals surface area (Å²) in [6, 6.07) is 23.7. The molecule has 0 N–H and O–H groups in total. The topological polar surface area (TPSA) is 60.2 Å². The molecule has 2 aromatic heterocycles. The van der Waals surface area contributed by atoms with Crippen molar-refractivity contribution in [1.82, 2.24) is 19.7 Å². The molecule has 4 aromatic rings. The van der Waals surface area contributed by atoms with Crippen LogP contribution in [0.1, 0.15) is 11.1 Å². The summed E-state index contributed by atoms with van der Waals surface area (Å²) in [5.41, 5.74) is 4.51. The number of carbonyl (C=O) groups is 1. The van der Waals surface area contributed by atoms with E-state index >= 15 is 0 Å². The van der Waals surface area contributed by atoms with Crippen LogP contribution in [0, 0.1) is 0 Å². The van der Waals surface area contributed by atoms with E-state index in [4.69, 9.17) is 9.84 Å². The van der Waals surface area contributed by atoms with Gasteiger partial charge in [0.2, 0.25) is 5.91 Å². The number of hydrogen-bond donors (Lipinski definition) is 0. The van der Waals surface area contributed by atoms with Gasteiger partial charge in [-0.2, -0.15) is 5.10 Å². The summed E-state index contributed by atoms with van der Waals surface area (Å²) in [6.07, 6.45) is 8.86. The van der Waals surface area contributed by atoms with Crippen molar-refractivity contribution < 1.29 is 9.53 Å². The number of aromatic nitrogens is 3. The first kappa shape index (κ1) is 22.2. The van der Waals surface area contributed by atoms with Gasteiger partial charge in [0.05, 0.1) is 12.3 Å². The number of carbonyl (C=O) groups excluding carboxylic acids is 1. The molecule has 0 atom stereocenters. The maximum atomic E-state index is 13.1. The Kier molecular flexibility index (Phi) is 7.40. The maximum Gasteiger partial charge on any atom is 0.246 e. The summed E-state index contributed by atoms with van der Waals surface area (Å²) < 4.78 is 7.03. The Morgan fingerprint density at radius 3 is 2.48 bits per heavy atom. The minimum atomic E-state index is -0.0829. The Labute approximate surface area is 193 Å². The lowest BCUT2D eigenvalue weighted by atomic mass is 10.1. The number of pyridine rings is 1. The van der Waals surface area contributed by atoms with Crippen molar-refractivity contribution in [3.8, 4) is 16.9 Å². The van der Waals surface area contributed by atoms with Crippen LogP contribution in [-0.2, 0) is 16.1 Å². The Hall–Kier alpha value is -4.03. The molecule has 0 saturated carbocycles. The van der Waals surface area contributed by atoms with Gasteiger partial charge >= 0.3 is 0 Å². The number of rotatable bonds is 9. The lowest BCUT2D eigenvalue weighted by molar-refractivity contribution is -0.127. The molecule has 0 fully saturated rings. The molecule has 0 aliphatic heterocycles. The molecular formula is C27H26N4O2. The van der Waals surface area contributed by atoms with Gasteiger partial charge < -0.3 is 9.64 Å². The van der Waals surface area contributed by atoms with Crippen LogP contribution in [0.15, 0.2) is 97.5 Å². The molecule has 0 aliphatic carbocycles. The molecule has 0 aliphatic rings. The number of hydrogen-bond acceptors (Lipinski definition) is 4. The van der Waals surface area contributed by atoms with Gasteiger partial charge in [-0.15, -0.1) is 0 Å². The average molecular weight is 439 g/mol. The van der Waals surface area contributed by atoms with Crippen molar-refractivity contribution in [1.29, 1.82) is 0 Å². The van der Waals surface area contributed by atoms with Crippen molar-refractivity contribution in [3.63, 3.8) is 0 Å². The third-order valence-corrected chi connectivity index (χ3v) is 5.20. The van der Waals surface area contributed by atoms with Gasteiger partial charge in [-0.25, -0.2) is 4.68 Å². The van der Waals surface area contributed by atoms with E-state index in [9.17, 15) is 4.79 Å². The predicted molar refractivity (Wildman–Crippen MR) is 130 cm³/mol. The van der Waals surface area contributed by atoms with E-state index in [-0.39, 0.29) is 5.91 Å². The minimum absolute atomic E-state index is 0.0829. The second kappa shape index (κ2) is 11.0. The number of methoxy groups -OCH3 is 1. The Bertz CT molecular complexity index is 1190. The van der Waals surface area contributed by atoms with Crippen LogP contribution in [0.25, 0.3) is 23.0 Å². The van der Waals surface area contributed by atoms with E-state index in [1.165, 1.54) is 0 Å². The zero-order chi connectivity index (χ0) is 22.9. The Balaban J connectivity index is 1.62. The minimum Gasteiger partial charge on any atom is -0.383 e. The molecule has 33 heavy (non-hydrogen) atoms. The molecule has 166 valence electrons. The van der Waals surface area contributed by atoms with E-state index < -0.39 is 0 Å². The van der Waals surface area contributed by atoms with E-state index in [2.05, 4.69) is 4.98 Å². The molecule has 2 aromatic carbocycles. The largest absolute Gasteiger partial charge is 0.383 e. The summed E-state index contributed by atoms with van der Waals surface area (Å²) in [5, 5.41) is 4.77. The molecule has 1 amide bonds. The van der Waals surface area contributed by atoms with Crippen molar-refractivity contribution in [2.45, 2.75) is 6.54 Å². The molecule has 6 heteroatoms. The first-order chi connectivity index (χ1) is 16.2. The fraction of sp³-hybridized carbons (Fsp3) is 0.148. The molecule has 4 rings (SSSR count). The molecule has 2 heterocycles. The first-order valence-electron chi connectivity index (χ1n) is 10.8. The standard InChI is InChI=1S/C27H26N4O2/c1-33-18-17-30(20-22-9-4-2-5-10-22)26(32)15-14-24-21-31(25-12-6-3-7-13-25)29-27(24)23-11-8-16-28-19-23/h2-16,19,21H,17-18,20H2,1H3/b15-14+. The van der Waals surface area contributed by atoms with Crippen LogP contribution in [0.2, 0.25) is 0 Å². The van der Waals surface area contributed by atoms with E-state index in [0.717, 1.165) is 28.1 Å². The summed E-state index contributed by atoms with van der Waals surface area (Å²) >= 11 is 0. The third-order valence-electron chi connectivity index (χ3n) is 5.20. The van der Waals surface area contributed by atoms with Gasteiger partial charge in [-0.1, -0.05) is 48.5 Å². The van der Waals surface area contributed by atoms with E-state index in [0.29, 0.717) is 19.7 Å². The van der Waals surface area contributed by atoms with Crippen LogP contribution in [-0.4, -0.2) is 45.8 Å². The number of nitrogens with zero attached hydrogens (tertiary/aromatic N) is 4. The van der Waals surface area contributed by atoms with Crippen LogP contribution in [0.3, 0.4) is 0 Å². The highest BCUT2D eigenvalue weighted by Gasteiger charge is 2.14. The number of ether oxygens (including phenoxy) is 1. The van der Waals surface area contributed by atoms with Gasteiger partial charge in [0, 0.05) is 56.0 Å². The summed E-state index contributed by atoms with van der Waals surface area (Å²) in [5.74, 6) is -0.0829. The molecule has 0 bridgehead atoms. The Morgan fingerprint density at radius 1 is 1.03 bits per heavy atom. The van der Waals surface area contributed by atoms with Gasteiger partial charge in [0.1, 0.15) is 5.69 Å². The highest BCUT2D eigenvalue weighted by Crippen LogP contribution is 2.24. The lowest BCUT2D eigenvalue weighted by Gasteiger charge is -2.21. The van der Waals surface area contributed by atoms with Crippen molar-refractivity contribution in [2.24, 2.45) is 0 Å². The third kappa shape index (κ3) is 5.81. The molecule has 0 saturated heterocycles. The van der Waals surface area contributed by atoms with Crippen molar-refractivity contribution >= 4 is 12.0 Å². The second-order valence-electron chi connectivity index (χ2n) is 7.53.